The Labute approximate surface area is 155 Å². The van der Waals surface area contributed by atoms with Gasteiger partial charge in [0.1, 0.15) is 12.2 Å². The normalized spacial score (nSPS) is 10.8. The molecule has 0 aliphatic carbocycles. The summed E-state index contributed by atoms with van der Waals surface area (Å²) in [6.07, 6.45) is 0.192. The Balaban J connectivity index is 2.38. The summed E-state index contributed by atoms with van der Waals surface area (Å²) < 4.78 is 20.9. The Morgan fingerprint density at radius 1 is 1.08 bits per heavy atom. The molecule has 1 amide bonds. The van der Waals surface area contributed by atoms with E-state index in [0.717, 1.165) is 11.1 Å². The number of methoxy groups -OCH3 is 2. The zero-order chi connectivity index (χ0) is 19.7. The summed E-state index contributed by atoms with van der Waals surface area (Å²) in [5, 5.41) is 2.61. The molecule has 1 aromatic carbocycles. The number of benzene rings is 1. The van der Waals surface area contributed by atoms with Gasteiger partial charge in [-0.25, -0.2) is 4.79 Å². The predicted octanol–water partition coefficient (Wildman–Crippen LogP) is 3.36. The Kier molecular flexibility index (Phi) is 8.22. The first-order valence-corrected chi connectivity index (χ1v) is 8.50. The highest BCUT2D eigenvalue weighted by Gasteiger charge is 2.16. The van der Waals surface area contributed by atoms with Gasteiger partial charge in [-0.1, -0.05) is 0 Å². The molecule has 0 aliphatic rings. The fourth-order valence-corrected chi connectivity index (χ4v) is 2.15. The number of carbonyl (C=O) groups excluding carboxylic acids is 2. The van der Waals surface area contributed by atoms with E-state index in [1.165, 1.54) is 0 Å². The Hall–Kier alpha value is -2.44. The van der Waals surface area contributed by atoms with Crippen molar-refractivity contribution < 1.29 is 28.5 Å². The Bertz CT molecular complexity index is 621. The molecule has 0 fully saturated rings. The van der Waals surface area contributed by atoms with Crippen molar-refractivity contribution in [1.82, 2.24) is 5.32 Å². The van der Waals surface area contributed by atoms with Crippen molar-refractivity contribution in [3.8, 4) is 11.5 Å². The van der Waals surface area contributed by atoms with Crippen molar-refractivity contribution in [3.63, 3.8) is 0 Å². The van der Waals surface area contributed by atoms with Crippen LogP contribution in [0.1, 0.15) is 44.7 Å². The number of carbonyl (C=O) groups is 2. The molecule has 0 saturated heterocycles. The van der Waals surface area contributed by atoms with Crippen LogP contribution in [0.2, 0.25) is 0 Å². The quantitative estimate of drug-likeness (QED) is 0.560. The van der Waals surface area contributed by atoms with Gasteiger partial charge in [-0.05, 0) is 57.4 Å². The van der Waals surface area contributed by atoms with Gasteiger partial charge in [0.15, 0.2) is 11.5 Å². The molecule has 1 rings (SSSR count). The van der Waals surface area contributed by atoms with E-state index in [1.54, 1.807) is 41.1 Å². The molecule has 1 aromatic rings. The van der Waals surface area contributed by atoms with Crippen LogP contribution in [0.4, 0.5) is 4.79 Å². The van der Waals surface area contributed by atoms with Crippen LogP contribution in [0.3, 0.4) is 0 Å². The van der Waals surface area contributed by atoms with E-state index < -0.39 is 11.7 Å². The number of aryl methyl sites for hydroxylation is 1. The molecule has 0 saturated carbocycles. The summed E-state index contributed by atoms with van der Waals surface area (Å²) >= 11 is 0. The summed E-state index contributed by atoms with van der Waals surface area (Å²) in [5.74, 6) is 0.893. The minimum Gasteiger partial charge on any atom is -0.493 e. The molecule has 0 bridgehead atoms. The second-order valence-electron chi connectivity index (χ2n) is 6.83. The molecule has 7 nitrogen and oxygen atoms in total. The smallest absolute Gasteiger partial charge is 0.407 e. The number of rotatable bonds is 8. The monoisotopic (exact) mass is 367 g/mol. The molecule has 0 aromatic heterocycles. The van der Waals surface area contributed by atoms with E-state index in [1.807, 2.05) is 13.0 Å². The molecular formula is C19H29NO6. The third-order valence-electron chi connectivity index (χ3n) is 3.46. The van der Waals surface area contributed by atoms with Crippen molar-refractivity contribution in [2.75, 3.05) is 20.8 Å². The van der Waals surface area contributed by atoms with E-state index in [0.29, 0.717) is 24.5 Å². The number of hydrogen-bond acceptors (Lipinski definition) is 6. The molecule has 0 unspecified atom stereocenters. The van der Waals surface area contributed by atoms with Gasteiger partial charge in [0, 0.05) is 13.0 Å². The van der Waals surface area contributed by atoms with Gasteiger partial charge in [0.05, 0.1) is 14.2 Å². The molecule has 0 radical (unpaired) electrons. The van der Waals surface area contributed by atoms with Gasteiger partial charge in [-0.3, -0.25) is 4.79 Å². The number of alkyl carbamates (subject to hydrolysis) is 1. The van der Waals surface area contributed by atoms with E-state index in [-0.39, 0.29) is 19.0 Å². The van der Waals surface area contributed by atoms with E-state index in [2.05, 4.69) is 5.32 Å². The summed E-state index contributed by atoms with van der Waals surface area (Å²) in [6, 6.07) is 3.64. The number of amides is 1. The lowest BCUT2D eigenvalue weighted by Gasteiger charge is -2.19. The second kappa shape index (κ2) is 9.89. The van der Waals surface area contributed by atoms with Crippen LogP contribution < -0.4 is 14.8 Å². The zero-order valence-corrected chi connectivity index (χ0v) is 16.4. The van der Waals surface area contributed by atoms with Gasteiger partial charge >= 0.3 is 12.1 Å². The molecule has 0 atom stereocenters. The maximum absolute atomic E-state index is 11.9. The van der Waals surface area contributed by atoms with E-state index in [4.69, 9.17) is 18.9 Å². The fourth-order valence-electron chi connectivity index (χ4n) is 2.15. The first kappa shape index (κ1) is 21.6. The highest BCUT2D eigenvalue weighted by molar-refractivity contribution is 5.70. The standard InChI is InChI=1S/C19H29NO6/c1-13-10-15(23-5)16(24-6)11-14(13)12-25-17(21)8-7-9-20-18(22)26-19(2,3)4/h10-11H,7-9,12H2,1-6H3,(H,20,22). The Morgan fingerprint density at radius 3 is 2.27 bits per heavy atom. The molecule has 26 heavy (non-hydrogen) atoms. The summed E-state index contributed by atoms with van der Waals surface area (Å²) in [7, 11) is 3.13. The van der Waals surface area contributed by atoms with Crippen LogP contribution in [0, 0.1) is 6.92 Å². The van der Waals surface area contributed by atoms with E-state index in [9.17, 15) is 9.59 Å². The zero-order valence-electron chi connectivity index (χ0n) is 16.4. The number of nitrogens with one attached hydrogen (secondary N) is 1. The van der Waals surface area contributed by atoms with Crippen molar-refractivity contribution in [2.24, 2.45) is 0 Å². The summed E-state index contributed by atoms with van der Waals surface area (Å²) in [4.78, 5) is 23.3. The second-order valence-corrected chi connectivity index (χ2v) is 6.83. The van der Waals surface area contributed by atoms with Gasteiger partial charge in [0.2, 0.25) is 0 Å². The molecular weight excluding hydrogens is 338 g/mol. The SMILES string of the molecule is COc1cc(C)c(COC(=O)CCCNC(=O)OC(C)(C)C)cc1OC. The van der Waals surface area contributed by atoms with Crippen LogP contribution in [0.5, 0.6) is 11.5 Å². The predicted molar refractivity (Wildman–Crippen MR) is 97.5 cm³/mol. The maximum atomic E-state index is 11.9. The average molecular weight is 367 g/mol. The van der Waals surface area contributed by atoms with E-state index >= 15 is 0 Å². The minimum atomic E-state index is -0.541. The first-order valence-electron chi connectivity index (χ1n) is 8.50. The molecule has 1 N–H and O–H groups in total. The number of esters is 1. The molecule has 0 heterocycles. The molecule has 0 spiro atoms. The van der Waals surface area contributed by atoms with Gasteiger partial charge in [0.25, 0.3) is 0 Å². The molecule has 7 heteroatoms. The highest BCUT2D eigenvalue weighted by atomic mass is 16.6. The average Bonchev–Trinajstić information content (AvgIpc) is 2.55. The van der Waals surface area contributed by atoms with Gasteiger partial charge < -0.3 is 24.3 Å². The molecule has 0 aliphatic heterocycles. The van der Waals surface area contributed by atoms with Crippen molar-refractivity contribution in [3.05, 3.63) is 23.3 Å². The fraction of sp³-hybridized carbons (Fsp3) is 0.579. The van der Waals surface area contributed by atoms with Crippen molar-refractivity contribution in [2.45, 2.75) is 52.7 Å². The van der Waals surface area contributed by atoms with Gasteiger partial charge in [-0.2, -0.15) is 0 Å². The molecule has 146 valence electrons. The first-order chi connectivity index (χ1) is 12.2. The largest absolute Gasteiger partial charge is 0.493 e. The third-order valence-corrected chi connectivity index (χ3v) is 3.46. The van der Waals surface area contributed by atoms with Crippen LogP contribution >= 0.6 is 0 Å². The van der Waals surface area contributed by atoms with Crippen LogP contribution in [-0.4, -0.2) is 38.4 Å². The lowest BCUT2D eigenvalue weighted by molar-refractivity contribution is -0.145. The van der Waals surface area contributed by atoms with Crippen LogP contribution in [-0.2, 0) is 20.9 Å². The Morgan fingerprint density at radius 2 is 1.69 bits per heavy atom. The lowest BCUT2D eigenvalue weighted by atomic mass is 10.1. The van der Waals surface area contributed by atoms with Crippen molar-refractivity contribution in [1.29, 1.82) is 0 Å². The number of ether oxygens (including phenoxy) is 4. The summed E-state index contributed by atoms with van der Waals surface area (Å²) in [5.41, 5.74) is 1.25. The van der Waals surface area contributed by atoms with Gasteiger partial charge in [-0.15, -0.1) is 0 Å². The lowest BCUT2D eigenvalue weighted by Crippen LogP contribution is -2.33. The third kappa shape index (κ3) is 7.63. The topological polar surface area (TPSA) is 83.1 Å². The number of hydrogen-bond donors (Lipinski definition) is 1. The highest BCUT2D eigenvalue weighted by Crippen LogP contribution is 2.30. The van der Waals surface area contributed by atoms with Crippen LogP contribution in [0.25, 0.3) is 0 Å². The minimum absolute atomic E-state index is 0.157. The maximum Gasteiger partial charge on any atom is 0.407 e. The van der Waals surface area contributed by atoms with Crippen LogP contribution in [0.15, 0.2) is 12.1 Å². The van der Waals surface area contributed by atoms with Crippen molar-refractivity contribution >= 4 is 12.1 Å². The summed E-state index contributed by atoms with van der Waals surface area (Å²) in [6.45, 7) is 7.79.